The molecule has 0 spiro atoms. The van der Waals surface area contributed by atoms with Gasteiger partial charge >= 0.3 is 0 Å². The van der Waals surface area contributed by atoms with E-state index in [0.717, 1.165) is 0 Å². The summed E-state index contributed by atoms with van der Waals surface area (Å²) in [6, 6.07) is 0. The van der Waals surface area contributed by atoms with Gasteiger partial charge in [0.15, 0.2) is 11.1 Å². The predicted octanol–water partition coefficient (Wildman–Crippen LogP) is 2.66. The Morgan fingerprint density at radius 1 is 0.750 bits per heavy atom. The van der Waals surface area contributed by atoms with Gasteiger partial charge in [0.1, 0.15) is 0 Å². The summed E-state index contributed by atoms with van der Waals surface area (Å²) in [6.07, 6.45) is 10.2. The summed E-state index contributed by atoms with van der Waals surface area (Å²) in [5.41, 5.74) is 10.6. The number of rotatable bonds is 0. The monoisotopic (exact) mass is 164 g/mol. The average Bonchev–Trinajstić information content (AvgIpc) is 2.27. The van der Waals surface area contributed by atoms with E-state index in [2.05, 4.69) is 0 Å². The lowest BCUT2D eigenvalue weighted by molar-refractivity contribution is -0.692. The molecule has 0 atom stereocenters. The van der Waals surface area contributed by atoms with Crippen molar-refractivity contribution in [1.82, 2.24) is 0 Å². The Hall–Kier alpha value is -0.400. The van der Waals surface area contributed by atoms with Gasteiger partial charge in [0.2, 0.25) is 0 Å². The molecule has 2 heteroatoms. The van der Waals surface area contributed by atoms with Crippen LogP contribution in [0.4, 0.5) is 0 Å². The Morgan fingerprint density at radius 3 is 1.50 bits per heavy atom. The molecule has 3 fully saturated rings. The largest absolute Gasteiger partial charge is 0.506 e. The van der Waals surface area contributed by atoms with E-state index in [-0.39, 0.29) is 11.1 Å². The van der Waals surface area contributed by atoms with Crippen LogP contribution < -0.4 is 0 Å². The summed E-state index contributed by atoms with van der Waals surface area (Å²) in [7, 11) is 0. The van der Waals surface area contributed by atoms with E-state index in [1.807, 2.05) is 0 Å². The molecular formula is C10H16N2. The first-order chi connectivity index (χ1) is 5.78. The fourth-order valence-electron chi connectivity index (χ4n) is 3.85. The first-order valence-corrected chi connectivity index (χ1v) is 5.27. The lowest BCUT2D eigenvalue weighted by Crippen LogP contribution is -2.52. The van der Waals surface area contributed by atoms with Crippen molar-refractivity contribution in [2.75, 3.05) is 0 Å². The van der Waals surface area contributed by atoms with Crippen molar-refractivity contribution in [3.8, 4) is 0 Å². The molecule has 3 rings (SSSR count). The molecule has 66 valence electrons. The Bertz CT molecular complexity index is 212. The molecule has 0 N–H and O–H groups in total. The quantitative estimate of drug-likeness (QED) is 0.492. The Balaban J connectivity index is 2.11. The zero-order chi connectivity index (χ0) is 8.23. The smallest absolute Gasteiger partial charge is 0.151 e. The van der Waals surface area contributed by atoms with Crippen molar-refractivity contribution in [2.45, 2.75) is 62.4 Å². The van der Waals surface area contributed by atoms with Crippen LogP contribution in [0.5, 0.6) is 0 Å². The molecule has 0 aliphatic carbocycles. The second-order valence-corrected chi connectivity index (χ2v) is 4.97. The number of nitrogens with zero attached hydrogens (tertiary/aromatic N) is 2. The third kappa shape index (κ3) is 0.593. The van der Waals surface area contributed by atoms with Crippen molar-refractivity contribution in [3.05, 3.63) is 5.53 Å². The van der Waals surface area contributed by atoms with Gasteiger partial charge in [-0.15, -0.1) is 0 Å². The van der Waals surface area contributed by atoms with Crippen molar-refractivity contribution in [3.63, 3.8) is 0 Å². The highest BCUT2D eigenvalue weighted by Crippen LogP contribution is 2.55. The fraction of sp³-hybridized carbons (Fsp3) is 1.00. The molecular weight excluding hydrogens is 148 g/mol. The zero-order valence-electron chi connectivity index (χ0n) is 7.55. The maximum Gasteiger partial charge on any atom is 0.151 e. The molecule has 3 saturated heterocycles. The van der Waals surface area contributed by atoms with Crippen LogP contribution in [0.2, 0.25) is 0 Å². The van der Waals surface area contributed by atoms with Gasteiger partial charge in [-0.25, -0.2) is 0 Å². The minimum absolute atomic E-state index is 0.233. The molecule has 0 aromatic heterocycles. The molecule has 0 amide bonds. The van der Waals surface area contributed by atoms with Gasteiger partial charge in [-0.1, -0.05) is 0 Å². The van der Waals surface area contributed by atoms with Gasteiger partial charge in [-0.2, -0.15) is 0 Å². The van der Waals surface area contributed by atoms with E-state index in [9.17, 15) is 5.53 Å². The summed E-state index contributed by atoms with van der Waals surface area (Å²) in [5.74, 6) is 0. The second-order valence-electron chi connectivity index (χ2n) is 4.97. The molecule has 2 bridgehead atoms. The lowest BCUT2D eigenvalue weighted by atomic mass is 9.76. The van der Waals surface area contributed by atoms with Crippen LogP contribution in [0.25, 0.3) is 5.53 Å². The first kappa shape index (κ1) is 7.05. The second kappa shape index (κ2) is 1.91. The lowest BCUT2D eigenvalue weighted by Gasteiger charge is -2.44. The van der Waals surface area contributed by atoms with Crippen LogP contribution in [0.1, 0.15) is 51.4 Å². The summed E-state index contributed by atoms with van der Waals surface area (Å²) >= 11 is 0. The minimum Gasteiger partial charge on any atom is -0.506 e. The molecule has 0 aromatic carbocycles. The third-order valence-corrected chi connectivity index (χ3v) is 4.52. The topological polar surface area (TPSA) is 25.3 Å². The predicted molar refractivity (Wildman–Crippen MR) is 46.0 cm³/mol. The van der Waals surface area contributed by atoms with E-state index < -0.39 is 0 Å². The van der Waals surface area contributed by atoms with Crippen molar-refractivity contribution in [2.24, 2.45) is 0 Å². The highest BCUT2D eigenvalue weighted by atomic mass is 15.3. The van der Waals surface area contributed by atoms with Gasteiger partial charge in [-0.3, -0.25) is 0 Å². The van der Waals surface area contributed by atoms with Crippen molar-refractivity contribution in [1.29, 1.82) is 0 Å². The van der Waals surface area contributed by atoms with Gasteiger partial charge in [0.05, 0.1) is 0 Å². The summed E-state index contributed by atoms with van der Waals surface area (Å²) in [5, 5.41) is 0. The van der Waals surface area contributed by atoms with E-state index in [1.165, 1.54) is 51.4 Å². The molecule has 2 nitrogen and oxygen atoms in total. The summed E-state index contributed by atoms with van der Waals surface area (Å²) < 4.78 is 1.77. The van der Waals surface area contributed by atoms with E-state index in [0.29, 0.717) is 0 Å². The summed E-state index contributed by atoms with van der Waals surface area (Å²) in [6.45, 7) is 0. The number of hydrogen-bond donors (Lipinski definition) is 0. The standard InChI is InChI=1S/C10H16N2/c11-12-9-3-1-4-10(12,8-7-9)6-2-5-9/h1-8H2. The minimum atomic E-state index is 0.233. The fourth-order valence-corrected chi connectivity index (χ4v) is 3.85. The van der Waals surface area contributed by atoms with Crippen LogP contribution in [-0.2, 0) is 0 Å². The van der Waals surface area contributed by atoms with Gasteiger partial charge in [0, 0.05) is 38.5 Å². The van der Waals surface area contributed by atoms with Crippen molar-refractivity contribution >= 4 is 0 Å². The zero-order valence-corrected chi connectivity index (χ0v) is 7.55. The van der Waals surface area contributed by atoms with E-state index in [4.69, 9.17) is 0 Å². The molecule has 0 saturated carbocycles. The third-order valence-electron chi connectivity index (χ3n) is 4.52. The highest BCUT2D eigenvalue weighted by molar-refractivity contribution is 5.02. The number of hydrogen-bond acceptors (Lipinski definition) is 0. The highest BCUT2D eigenvalue weighted by Gasteiger charge is 2.61. The molecule has 0 aromatic rings. The Labute approximate surface area is 73.5 Å². The number of piperidine rings is 2. The molecule has 3 aliphatic heterocycles. The Kier molecular flexibility index (Phi) is 1.12. The van der Waals surface area contributed by atoms with Gasteiger partial charge in [0.25, 0.3) is 0 Å². The maximum absolute atomic E-state index is 10.1. The molecule has 0 radical (unpaired) electrons. The summed E-state index contributed by atoms with van der Waals surface area (Å²) in [4.78, 5) is 0. The normalized spacial score (nSPS) is 51.2. The first-order valence-electron chi connectivity index (χ1n) is 5.27. The van der Waals surface area contributed by atoms with Gasteiger partial charge in [-0.05, 0) is 12.8 Å². The maximum atomic E-state index is 10.1. The molecule has 3 heterocycles. The Morgan fingerprint density at radius 2 is 1.17 bits per heavy atom. The van der Waals surface area contributed by atoms with Gasteiger partial charge < -0.3 is 10.2 Å². The van der Waals surface area contributed by atoms with Crippen molar-refractivity contribution < 1.29 is 4.70 Å². The van der Waals surface area contributed by atoms with Crippen LogP contribution >= 0.6 is 0 Å². The van der Waals surface area contributed by atoms with E-state index >= 15 is 0 Å². The molecule has 0 unspecified atom stereocenters. The van der Waals surface area contributed by atoms with Crippen LogP contribution in [0.3, 0.4) is 0 Å². The van der Waals surface area contributed by atoms with Crippen LogP contribution in [0.15, 0.2) is 0 Å². The van der Waals surface area contributed by atoms with Crippen LogP contribution in [-0.4, -0.2) is 15.8 Å². The van der Waals surface area contributed by atoms with E-state index in [1.54, 1.807) is 4.70 Å². The average molecular weight is 164 g/mol. The molecule has 12 heavy (non-hydrogen) atoms. The molecule has 3 aliphatic rings. The van der Waals surface area contributed by atoms with Crippen LogP contribution in [0, 0.1) is 0 Å². The SMILES string of the molecule is [N-]=[N+]1C23CCCC1(CCC2)CC3.